The second-order valence-electron chi connectivity index (χ2n) is 11.0. The van der Waals surface area contributed by atoms with E-state index in [0.717, 1.165) is 16.9 Å². The van der Waals surface area contributed by atoms with E-state index in [1.165, 1.54) is 23.8 Å². The molecule has 4 aromatic rings. The second kappa shape index (κ2) is 16.7. The molecule has 0 radical (unpaired) electrons. The highest BCUT2D eigenvalue weighted by atomic mass is 35.5. The molecule has 5 rings (SSSR count). The molecule has 0 bridgehead atoms. The van der Waals surface area contributed by atoms with Crippen LogP contribution in [0.1, 0.15) is 50.4 Å². The van der Waals surface area contributed by atoms with Crippen LogP contribution in [-0.4, -0.2) is 50.0 Å². The normalized spacial score (nSPS) is 14.0. The van der Waals surface area contributed by atoms with Crippen LogP contribution in [-0.2, 0) is 25.7 Å². The van der Waals surface area contributed by atoms with Crippen molar-refractivity contribution in [2.75, 3.05) is 33.5 Å². The monoisotopic (exact) mass is 738 g/mol. The fourth-order valence-corrected chi connectivity index (χ4v) is 6.67. The van der Waals surface area contributed by atoms with Crippen LogP contribution in [0.15, 0.2) is 75.7 Å². The first-order chi connectivity index (χ1) is 24.6. The number of hydrogen-bond donors (Lipinski definition) is 0. The van der Waals surface area contributed by atoms with E-state index in [1.807, 2.05) is 6.92 Å². The Morgan fingerprint density at radius 1 is 0.941 bits per heavy atom. The summed E-state index contributed by atoms with van der Waals surface area (Å²) in [4.78, 5) is 44.4. The van der Waals surface area contributed by atoms with Crippen molar-refractivity contribution in [3.05, 3.63) is 113 Å². The van der Waals surface area contributed by atoms with E-state index in [2.05, 4.69) is 9.73 Å². The Hall–Kier alpha value is -5.14. The van der Waals surface area contributed by atoms with Gasteiger partial charge in [-0.3, -0.25) is 9.36 Å². The molecule has 0 aliphatic carbocycles. The summed E-state index contributed by atoms with van der Waals surface area (Å²) in [6.45, 7) is 7.50. The van der Waals surface area contributed by atoms with Crippen molar-refractivity contribution in [3.63, 3.8) is 0 Å². The first-order valence-electron chi connectivity index (χ1n) is 16.1. The number of carbonyl (C=O) groups excluding carboxylic acids is 2. The molecule has 2 heterocycles. The van der Waals surface area contributed by atoms with Crippen molar-refractivity contribution < 1.29 is 42.4 Å². The third-order valence-corrected chi connectivity index (χ3v) is 8.86. The number of ether oxygens (including phenoxy) is 6. The molecule has 0 unspecified atom stereocenters. The lowest BCUT2D eigenvalue weighted by molar-refractivity contribution is -0.143. The highest BCUT2D eigenvalue weighted by Crippen LogP contribution is 2.38. The van der Waals surface area contributed by atoms with Crippen LogP contribution in [0.4, 0.5) is 4.39 Å². The first-order valence-corrected chi connectivity index (χ1v) is 17.3. The smallest absolute Gasteiger partial charge is 0.343 e. The fraction of sp³-hybridized carbons (Fsp3) is 0.297. The standard InChI is InChI=1S/C37H36ClFN2O9S/c1-6-46-28-18-24(11-14-27(28)49-20-31(42)45-5)33-32(36(44)48-8-3)21(4)40-37-41(33)35(43)30(51-37)17-23-15-26(38)34(29(16-23)47-7-2)50-19-22-9-12-25(39)13-10-22/h9-18,33H,6-8,19-20H2,1-5H3/b30-17-/t33-/m1/s1. The minimum atomic E-state index is -0.930. The zero-order chi connectivity index (χ0) is 36.7. The molecule has 1 atom stereocenters. The van der Waals surface area contributed by atoms with Gasteiger partial charge in [0, 0.05) is 0 Å². The number of carbonyl (C=O) groups is 2. The molecule has 0 fully saturated rings. The zero-order valence-electron chi connectivity index (χ0n) is 28.6. The number of thiazole rings is 1. The summed E-state index contributed by atoms with van der Waals surface area (Å²) < 4.78 is 48.5. The van der Waals surface area contributed by atoms with Crippen LogP contribution in [0.2, 0.25) is 5.02 Å². The molecule has 1 aromatic heterocycles. The first kappa shape index (κ1) is 37.1. The largest absolute Gasteiger partial charge is 0.490 e. The van der Waals surface area contributed by atoms with Crippen LogP contribution >= 0.6 is 22.9 Å². The predicted molar refractivity (Wildman–Crippen MR) is 189 cm³/mol. The Labute approximate surface area is 302 Å². The Bertz CT molecular complexity index is 2140. The quantitative estimate of drug-likeness (QED) is 0.154. The molecule has 0 saturated carbocycles. The topological polar surface area (TPSA) is 124 Å². The molecule has 0 saturated heterocycles. The van der Waals surface area contributed by atoms with Gasteiger partial charge in [0.15, 0.2) is 34.4 Å². The molecule has 3 aromatic carbocycles. The van der Waals surface area contributed by atoms with E-state index in [4.69, 9.17) is 35.3 Å². The van der Waals surface area contributed by atoms with E-state index >= 15 is 0 Å². The van der Waals surface area contributed by atoms with Crippen LogP contribution < -0.4 is 33.8 Å². The summed E-state index contributed by atoms with van der Waals surface area (Å²) in [5.74, 6) is -0.287. The van der Waals surface area contributed by atoms with Crippen molar-refractivity contribution >= 4 is 41.0 Å². The van der Waals surface area contributed by atoms with Crippen molar-refractivity contribution in [1.29, 1.82) is 0 Å². The average molecular weight is 739 g/mol. The van der Waals surface area contributed by atoms with Crippen molar-refractivity contribution in [2.24, 2.45) is 4.99 Å². The van der Waals surface area contributed by atoms with Crippen molar-refractivity contribution in [1.82, 2.24) is 4.57 Å². The predicted octanol–water partition coefficient (Wildman–Crippen LogP) is 5.52. The summed E-state index contributed by atoms with van der Waals surface area (Å²) in [6, 6.07) is 13.3. The number of aromatic nitrogens is 1. The maximum Gasteiger partial charge on any atom is 0.343 e. The minimum Gasteiger partial charge on any atom is -0.490 e. The van der Waals surface area contributed by atoms with Gasteiger partial charge >= 0.3 is 11.9 Å². The molecule has 11 nitrogen and oxygen atoms in total. The number of hydrogen-bond acceptors (Lipinski definition) is 11. The summed E-state index contributed by atoms with van der Waals surface area (Å²) in [5, 5.41) is 0.248. The molecule has 14 heteroatoms. The van der Waals surface area contributed by atoms with Gasteiger partial charge in [0.1, 0.15) is 12.4 Å². The van der Waals surface area contributed by atoms with Gasteiger partial charge in [-0.25, -0.2) is 19.0 Å². The number of fused-ring (bicyclic) bond motifs is 1. The Morgan fingerprint density at radius 3 is 2.35 bits per heavy atom. The summed E-state index contributed by atoms with van der Waals surface area (Å²) in [6.07, 6.45) is 1.66. The second-order valence-corrected chi connectivity index (χ2v) is 12.4. The number of methoxy groups -OCH3 is 1. The van der Waals surface area contributed by atoms with E-state index < -0.39 is 23.5 Å². The number of nitrogens with zero attached hydrogens (tertiary/aromatic N) is 2. The van der Waals surface area contributed by atoms with E-state index in [1.54, 1.807) is 69.3 Å². The van der Waals surface area contributed by atoms with E-state index in [-0.39, 0.29) is 48.6 Å². The molecule has 0 spiro atoms. The number of halogens is 2. The molecular formula is C37H36ClFN2O9S. The minimum absolute atomic E-state index is 0.115. The highest BCUT2D eigenvalue weighted by molar-refractivity contribution is 7.07. The van der Waals surface area contributed by atoms with E-state index in [9.17, 15) is 18.8 Å². The molecule has 0 N–H and O–H groups in total. The van der Waals surface area contributed by atoms with Gasteiger partial charge in [-0.15, -0.1) is 0 Å². The third kappa shape index (κ3) is 8.43. The average Bonchev–Trinajstić information content (AvgIpc) is 3.41. The summed E-state index contributed by atoms with van der Waals surface area (Å²) in [7, 11) is 1.26. The fourth-order valence-electron chi connectivity index (χ4n) is 5.35. The molecule has 268 valence electrons. The zero-order valence-corrected chi connectivity index (χ0v) is 30.2. The maximum absolute atomic E-state index is 14.3. The summed E-state index contributed by atoms with van der Waals surface area (Å²) in [5.41, 5.74) is 1.99. The molecular weight excluding hydrogens is 703 g/mol. The Balaban J connectivity index is 1.59. The van der Waals surface area contributed by atoms with Gasteiger partial charge in [-0.1, -0.05) is 41.1 Å². The van der Waals surface area contributed by atoms with Gasteiger partial charge < -0.3 is 28.4 Å². The van der Waals surface area contributed by atoms with Gasteiger partial charge in [0.25, 0.3) is 5.56 Å². The van der Waals surface area contributed by atoms with Crippen molar-refractivity contribution in [3.8, 4) is 23.0 Å². The molecule has 1 aliphatic rings. The van der Waals surface area contributed by atoms with Crippen LogP contribution in [0.25, 0.3) is 6.08 Å². The summed E-state index contributed by atoms with van der Waals surface area (Å²) >= 11 is 7.83. The number of rotatable bonds is 14. The maximum atomic E-state index is 14.3. The Morgan fingerprint density at radius 2 is 1.67 bits per heavy atom. The third-order valence-electron chi connectivity index (χ3n) is 7.60. The lowest BCUT2D eigenvalue weighted by Crippen LogP contribution is -2.40. The van der Waals surface area contributed by atoms with Gasteiger partial charge in [0.2, 0.25) is 0 Å². The van der Waals surface area contributed by atoms with Crippen LogP contribution in [0.5, 0.6) is 23.0 Å². The van der Waals surface area contributed by atoms with Crippen LogP contribution in [0, 0.1) is 5.82 Å². The van der Waals surface area contributed by atoms with E-state index in [0.29, 0.717) is 50.0 Å². The lowest BCUT2D eigenvalue weighted by Gasteiger charge is -2.25. The highest BCUT2D eigenvalue weighted by Gasteiger charge is 2.34. The van der Waals surface area contributed by atoms with Gasteiger partial charge in [0.05, 0.1) is 53.8 Å². The number of esters is 2. The van der Waals surface area contributed by atoms with Gasteiger partial charge in [-0.05, 0) is 86.9 Å². The molecule has 1 aliphatic heterocycles. The van der Waals surface area contributed by atoms with Crippen LogP contribution in [0.3, 0.4) is 0 Å². The lowest BCUT2D eigenvalue weighted by atomic mass is 9.95. The van der Waals surface area contributed by atoms with Crippen molar-refractivity contribution in [2.45, 2.75) is 40.3 Å². The Kier molecular flexibility index (Phi) is 12.2. The number of benzene rings is 3. The SMILES string of the molecule is CCOC(=O)C1=C(C)N=c2s/c(=C\c3cc(Cl)c(OCc4ccc(F)cc4)c(OCC)c3)c(=O)n2[C@@H]1c1ccc(OCC(=O)OC)c(OCC)c1. The molecule has 0 amide bonds. The molecule has 51 heavy (non-hydrogen) atoms. The number of allylic oxidation sites excluding steroid dienone is 1. The van der Waals surface area contributed by atoms with Gasteiger partial charge in [-0.2, -0.15) is 0 Å².